The van der Waals surface area contributed by atoms with E-state index in [1.165, 1.54) is 17.8 Å². The molecular formula is C18H19BrFNOS. The van der Waals surface area contributed by atoms with Crippen molar-refractivity contribution in [3.8, 4) is 0 Å². The van der Waals surface area contributed by atoms with E-state index in [0.29, 0.717) is 21.5 Å². The molecule has 0 aliphatic rings. The van der Waals surface area contributed by atoms with Crippen LogP contribution in [0.2, 0.25) is 0 Å². The van der Waals surface area contributed by atoms with Gasteiger partial charge in [0.1, 0.15) is 5.82 Å². The Kier molecular flexibility index (Phi) is 6.66. The van der Waals surface area contributed by atoms with Crippen molar-refractivity contribution in [1.82, 2.24) is 0 Å². The molecule has 0 heterocycles. The van der Waals surface area contributed by atoms with E-state index in [4.69, 9.17) is 0 Å². The lowest BCUT2D eigenvalue weighted by atomic mass is 10.1. The smallest absolute Gasteiger partial charge is 0.234 e. The lowest BCUT2D eigenvalue weighted by Crippen LogP contribution is -2.16. The van der Waals surface area contributed by atoms with Crippen LogP contribution in [0.1, 0.15) is 23.6 Å². The first-order chi connectivity index (χ1) is 11.0. The zero-order valence-corrected chi connectivity index (χ0v) is 15.6. The molecule has 0 aliphatic carbocycles. The predicted molar refractivity (Wildman–Crippen MR) is 99.4 cm³/mol. The monoisotopic (exact) mass is 395 g/mol. The lowest BCUT2D eigenvalue weighted by molar-refractivity contribution is -0.113. The maximum Gasteiger partial charge on any atom is 0.234 e. The van der Waals surface area contributed by atoms with Gasteiger partial charge in [0, 0.05) is 15.9 Å². The van der Waals surface area contributed by atoms with Gasteiger partial charge in [0.2, 0.25) is 5.91 Å². The first-order valence-electron chi connectivity index (χ1n) is 7.41. The normalized spacial score (nSPS) is 10.6. The summed E-state index contributed by atoms with van der Waals surface area (Å²) in [4.78, 5) is 12.1. The Bertz CT molecular complexity index is 705. The summed E-state index contributed by atoms with van der Waals surface area (Å²) >= 11 is 4.64. The van der Waals surface area contributed by atoms with Crippen LogP contribution in [0.5, 0.6) is 0 Å². The highest BCUT2D eigenvalue weighted by Gasteiger charge is 2.10. The van der Waals surface area contributed by atoms with Gasteiger partial charge in [-0.05, 0) is 42.2 Å². The molecule has 122 valence electrons. The van der Waals surface area contributed by atoms with Crippen LogP contribution in [0.3, 0.4) is 0 Å². The van der Waals surface area contributed by atoms with Gasteiger partial charge in [0.25, 0.3) is 0 Å². The number of hydrogen-bond donors (Lipinski definition) is 1. The van der Waals surface area contributed by atoms with Crippen molar-refractivity contribution in [2.75, 3.05) is 11.1 Å². The van der Waals surface area contributed by atoms with Crippen LogP contribution in [-0.4, -0.2) is 11.7 Å². The van der Waals surface area contributed by atoms with Crippen molar-refractivity contribution in [1.29, 1.82) is 0 Å². The molecule has 23 heavy (non-hydrogen) atoms. The SMILES string of the molecule is CCc1cccc(C)c1NC(=O)CSCc1ccc(Br)cc1F. The fraction of sp³-hybridized carbons (Fsp3) is 0.278. The summed E-state index contributed by atoms with van der Waals surface area (Å²) in [6, 6.07) is 11.0. The second kappa shape index (κ2) is 8.50. The molecule has 0 unspecified atom stereocenters. The molecule has 1 N–H and O–H groups in total. The number of aryl methyl sites for hydroxylation is 2. The molecule has 0 saturated carbocycles. The van der Waals surface area contributed by atoms with Gasteiger partial charge >= 0.3 is 0 Å². The molecule has 0 radical (unpaired) electrons. The highest BCUT2D eigenvalue weighted by Crippen LogP contribution is 2.23. The van der Waals surface area contributed by atoms with Crippen LogP contribution >= 0.6 is 27.7 Å². The van der Waals surface area contributed by atoms with E-state index in [0.717, 1.165) is 23.2 Å². The zero-order valence-electron chi connectivity index (χ0n) is 13.2. The number of thioether (sulfide) groups is 1. The molecule has 0 fully saturated rings. The molecule has 2 aromatic rings. The third-order valence-electron chi connectivity index (χ3n) is 3.51. The van der Waals surface area contributed by atoms with Crippen LogP contribution in [0.25, 0.3) is 0 Å². The van der Waals surface area contributed by atoms with Crippen LogP contribution in [0, 0.1) is 12.7 Å². The second-order valence-electron chi connectivity index (χ2n) is 5.24. The quantitative estimate of drug-likeness (QED) is 0.715. The molecule has 1 amide bonds. The Morgan fingerprint density at radius 1 is 1.26 bits per heavy atom. The highest BCUT2D eigenvalue weighted by atomic mass is 79.9. The summed E-state index contributed by atoms with van der Waals surface area (Å²) in [7, 11) is 0. The predicted octanol–water partition coefficient (Wildman–Crippen LogP) is 5.33. The average molecular weight is 396 g/mol. The number of amides is 1. The molecule has 0 aromatic heterocycles. The Balaban J connectivity index is 1.91. The van der Waals surface area contributed by atoms with Crippen molar-refractivity contribution >= 4 is 39.3 Å². The van der Waals surface area contributed by atoms with Gasteiger partial charge < -0.3 is 5.32 Å². The number of carbonyl (C=O) groups excluding carboxylic acids is 1. The summed E-state index contributed by atoms with van der Waals surface area (Å²) in [6.07, 6.45) is 0.870. The Morgan fingerprint density at radius 3 is 2.74 bits per heavy atom. The first kappa shape index (κ1) is 18.0. The van der Waals surface area contributed by atoms with Crippen LogP contribution < -0.4 is 5.32 Å². The van der Waals surface area contributed by atoms with Gasteiger partial charge in [0.05, 0.1) is 5.75 Å². The Morgan fingerprint density at radius 2 is 2.04 bits per heavy atom. The summed E-state index contributed by atoms with van der Waals surface area (Å²) in [5, 5.41) is 2.98. The van der Waals surface area contributed by atoms with Crippen molar-refractivity contribution in [2.24, 2.45) is 0 Å². The number of rotatable bonds is 6. The molecular weight excluding hydrogens is 377 g/mol. The van der Waals surface area contributed by atoms with Crippen molar-refractivity contribution in [3.05, 3.63) is 63.4 Å². The molecule has 0 atom stereocenters. The van der Waals surface area contributed by atoms with E-state index in [1.807, 2.05) is 25.1 Å². The minimum Gasteiger partial charge on any atom is -0.325 e. The van der Waals surface area contributed by atoms with Gasteiger partial charge in [-0.25, -0.2) is 4.39 Å². The number of hydrogen-bond acceptors (Lipinski definition) is 2. The van der Waals surface area contributed by atoms with Gasteiger partial charge in [-0.2, -0.15) is 0 Å². The third kappa shape index (κ3) is 5.08. The topological polar surface area (TPSA) is 29.1 Å². The molecule has 2 rings (SSSR count). The van der Waals surface area contributed by atoms with Crippen LogP contribution in [-0.2, 0) is 17.0 Å². The number of nitrogens with one attached hydrogen (secondary N) is 1. The first-order valence-corrected chi connectivity index (χ1v) is 9.36. The van der Waals surface area contributed by atoms with E-state index < -0.39 is 0 Å². The minimum absolute atomic E-state index is 0.0588. The fourth-order valence-electron chi connectivity index (χ4n) is 2.27. The van der Waals surface area contributed by atoms with Crippen molar-refractivity contribution < 1.29 is 9.18 Å². The molecule has 0 bridgehead atoms. The molecule has 2 nitrogen and oxygen atoms in total. The molecule has 2 aromatic carbocycles. The zero-order chi connectivity index (χ0) is 16.8. The van der Waals surface area contributed by atoms with E-state index in [-0.39, 0.29) is 11.7 Å². The van der Waals surface area contributed by atoms with E-state index >= 15 is 0 Å². The summed E-state index contributed by atoms with van der Waals surface area (Å²) < 4.78 is 14.4. The molecule has 0 saturated heterocycles. The highest BCUT2D eigenvalue weighted by molar-refractivity contribution is 9.10. The lowest BCUT2D eigenvalue weighted by Gasteiger charge is -2.13. The molecule has 5 heteroatoms. The number of carbonyl (C=O) groups is 1. The van der Waals surface area contributed by atoms with E-state index in [1.54, 1.807) is 12.1 Å². The van der Waals surface area contributed by atoms with Gasteiger partial charge in [-0.15, -0.1) is 11.8 Å². The standard InChI is InChI=1S/C18H19BrFNOS/c1-3-13-6-4-5-12(2)18(13)21-17(22)11-23-10-14-7-8-15(19)9-16(14)20/h4-9H,3,10-11H2,1-2H3,(H,21,22). The van der Waals surface area contributed by atoms with E-state index in [2.05, 4.69) is 28.2 Å². The number of halogens is 2. The third-order valence-corrected chi connectivity index (χ3v) is 4.98. The average Bonchev–Trinajstić information content (AvgIpc) is 2.51. The Labute approximate surface area is 149 Å². The van der Waals surface area contributed by atoms with Gasteiger partial charge in [-0.3, -0.25) is 4.79 Å². The van der Waals surface area contributed by atoms with Crippen molar-refractivity contribution in [3.63, 3.8) is 0 Å². The summed E-state index contributed by atoms with van der Waals surface area (Å²) in [6.45, 7) is 4.05. The van der Waals surface area contributed by atoms with Gasteiger partial charge in [-0.1, -0.05) is 47.1 Å². The second-order valence-corrected chi connectivity index (χ2v) is 7.14. The largest absolute Gasteiger partial charge is 0.325 e. The number of para-hydroxylation sites is 1. The van der Waals surface area contributed by atoms with Gasteiger partial charge in [0.15, 0.2) is 0 Å². The Hall–Kier alpha value is -1.33. The van der Waals surface area contributed by atoms with E-state index in [9.17, 15) is 9.18 Å². The number of anilines is 1. The maximum absolute atomic E-state index is 13.7. The molecule has 0 aliphatic heterocycles. The fourth-order valence-corrected chi connectivity index (χ4v) is 3.42. The van der Waals surface area contributed by atoms with Crippen LogP contribution in [0.15, 0.2) is 40.9 Å². The van der Waals surface area contributed by atoms with Crippen LogP contribution in [0.4, 0.5) is 10.1 Å². The maximum atomic E-state index is 13.7. The summed E-state index contributed by atoms with van der Waals surface area (Å²) in [5.74, 6) is 0.462. The molecule has 0 spiro atoms. The van der Waals surface area contributed by atoms with Crippen molar-refractivity contribution in [2.45, 2.75) is 26.0 Å². The number of benzene rings is 2. The minimum atomic E-state index is -0.251. The summed E-state index contributed by atoms with van der Waals surface area (Å²) in [5.41, 5.74) is 3.69.